The van der Waals surface area contributed by atoms with Gasteiger partial charge in [-0.25, -0.2) is 15.0 Å². The number of aliphatic hydroxyl groups is 1. The highest BCUT2D eigenvalue weighted by atomic mass is 35.5. The molecule has 1 fully saturated rings. The highest BCUT2D eigenvalue weighted by molar-refractivity contribution is 6.33. The van der Waals surface area contributed by atoms with Crippen LogP contribution in [0.15, 0.2) is 36.7 Å². The van der Waals surface area contributed by atoms with Crippen molar-refractivity contribution in [2.75, 3.05) is 37.0 Å². The van der Waals surface area contributed by atoms with Gasteiger partial charge in [-0.3, -0.25) is 9.59 Å². The fraction of sp³-hybridized carbons (Fsp3) is 0.414. The number of ether oxygens (including phenoxy) is 1. The molecule has 1 saturated heterocycles. The van der Waals surface area contributed by atoms with E-state index in [-0.39, 0.29) is 25.1 Å². The van der Waals surface area contributed by atoms with E-state index in [0.717, 1.165) is 18.4 Å². The number of amides is 2. The minimum absolute atomic E-state index is 0.214. The van der Waals surface area contributed by atoms with Gasteiger partial charge in [-0.15, -0.1) is 0 Å². The number of aliphatic hydroxyl groups excluding tert-OH is 1. The van der Waals surface area contributed by atoms with Crippen molar-refractivity contribution in [1.82, 2.24) is 25.2 Å². The van der Waals surface area contributed by atoms with E-state index in [2.05, 4.69) is 30.9 Å². The molecule has 0 spiro atoms. The zero-order chi connectivity index (χ0) is 29.8. The number of fused-ring (bicyclic) bond motifs is 1. The molecule has 0 bridgehead atoms. The average Bonchev–Trinajstić information content (AvgIpc) is 3.33. The number of benzene rings is 1. The van der Waals surface area contributed by atoms with Gasteiger partial charge < -0.3 is 30.7 Å². The summed E-state index contributed by atoms with van der Waals surface area (Å²) in [5.41, 5.74) is 2.98. The van der Waals surface area contributed by atoms with E-state index in [1.807, 2.05) is 19.1 Å². The highest BCUT2D eigenvalue weighted by Gasteiger charge is 2.35. The molecule has 13 heteroatoms. The van der Waals surface area contributed by atoms with Crippen molar-refractivity contribution in [3.8, 4) is 11.3 Å². The molecule has 0 saturated carbocycles. The van der Waals surface area contributed by atoms with Gasteiger partial charge in [0.2, 0.25) is 11.9 Å². The normalized spacial score (nSPS) is 16.6. The summed E-state index contributed by atoms with van der Waals surface area (Å²) in [5, 5.41) is 20.0. The van der Waals surface area contributed by atoms with E-state index in [9.17, 15) is 14.7 Å². The van der Waals surface area contributed by atoms with Crippen LogP contribution in [-0.2, 0) is 16.1 Å². The molecule has 5 rings (SSSR count). The summed E-state index contributed by atoms with van der Waals surface area (Å²) < 4.78 is 5.42. The molecule has 0 radical (unpaired) electrons. The first-order chi connectivity index (χ1) is 20.3. The first-order valence-corrected chi connectivity index (χ1v) is 14.7. The van der Waals surface area contributed by atoms with Crippen LogP contribution in [0.1, 0.15) is 54.2 Å². The standard InChI is InChI=1S/C29H33Cl2N7O4/c1-3-32-25-11-21(22(30)12-33-25)24(15-39)36-27(40)16(2)38-14-18-5-4-17(10-20(18)28(38)41)26-23(31)13-34-29(37-26)35-19-6-8-42-9-7-19/h4-5,10-13,16,19,24,39H,3,6-9,14-15H2,1-2H3,(H,32,33)(H,36,40)(H,34,35,37). The van der Waals surface area contributed by atoms with Gasteiger partial charge in [0.15, 0.2) is 0 Å². The van der Waals surface area contributed by atoms with E-state index in [1.54, 1.807) is 25.3 Å². The quantitative estimate of drug-likeness (QED) is 0.266. The third-order valence-electron chi connectivity index (χ3n) is 7.48. The molecule has 2 unspecified atom stereocenters. The second-order valence-corrected chi connectivity index (χ2v) is 11.1. The van der Waals surface area contributed by atoms with Crippen molar-refractivity contribution in [2.45, 2.75) is 51.4 Å². The minimum Gasteiger partial charge on any atom is -0.394 e. The number of nitrogens with one attached hydrogen (secondary N) is 3. The Bertz CT molecular complexity index is 1470. The van der Waals surface area contributed by atoms with Crippen LogP contribution in [0.5, 0.6) is 0 Å². The molecule has 2 aliphatic heterocycles. The maximum Gasteiger partial charge on any atom is 0.255 e. The van der Waals surface area contributed by atoms with E-state index in [0.29, 0.717) is 64.0 Å². The number of anilines is 2. The van der Waals surface area contributed by atoms with Crippen molar-refractivity contribution in [1.29, 1.82) is 0 Å². The molecule has 2 aliphatic rings. The van der Waals surface area contributed by atoms with Gasteiger partial charge >= 0.3 is 0 Å². The lowest BCUT2D eigenvalue weighted by atomic mass is 10.0. The van der Waals surface area contributed by atoms with Crippen LogP contribution in [0.2, 0.25) is 10.0 Å². The van der Waals surface area contributed by atoms with Crippen LogP contribution < -0.4 is 16.0 Å². The molecular formula is C29H33Cl2N7O4. The second-order valence-electron chi connectivity index (χ2n) is 10.3. The summed E-state index contributed by atoms with van der Waals surface area (Å²) >= 11 is 12.8. The molecular weight excluding hydrogens is 581 g/mol. The Kier molecular flexibility index (Phi) is 9.42. The third-order valence-corrected chi connectivity index (χ3v) is 8.07. The second kappa shape index (κ2) is 13.2. The largest absolute Gasteiger partial charge is 0.394 e. The van der Waals surface area contributed by atoms with E-state index < -0.39 is 18.0 Å². The Hall–Kier alpha value is -3.51. The van der Waals surface area contributed by atoms with Crippen LogP contribution in [0, 0.1) is 0 Å². The topological polar surface area (TPSA) is 142 Å². The van der Waals surface area contributed by atoms with Crippen molar-refractivity contribution >= 4 is 46.8 Å². The van der Waals surface area contributed by atoms with Crippen LogP contribution in [-0.4, -0.2) is 75.2 Å². The number of rotatable bonds is 10. The lowest BCUT2D eigenvalue weighted by Crippen LogP contribution is -2.46. The number of hydrogen-bond donors (Lipinski definition) is 4. The van der Waals surface area contributed by atoms with Crippen molar-refractivity contribution in [2.24, 2.45) is 0 Å². The average molecular weight is 615 g/mol. The van der Waals surface area contributed by atoms with Gasteiger partial charge in [0.25, 0.3) is 5.91 Å². The van der Waals surface area contributed by atoms with Gasteiger partial charge in [0.1, 0.15) is 11.9 Å². The molecule has 2 atom stereocenters. The van der Waals surface area contributed by atoms with Crippen LogP contribution in [0.4, 0.5) is 11.8 Å². The molecule has 3 aromatic rings. The van der Waals surface area contributed by atoms with Crippen molar-refractivity contribution in [3.05, 3.63) is 63.4 Å². The Labute approximate surface area is 254 Å². The number of pyridine rings is 1. The molecule has 1 aromatic carbocycles. The van der Waals surface area contributed by atoms with Crippen molar-refractivity contribution in [3.63, 3.8) is 0 Å². The summed E-state index contributed by atoms with van der Waals surface area (Å²) in [4.78, 5) is 41.5. The number of halogens is 2. The van der Waals surface area contributed by atoms with Crippen LogP contribution in [0.3, 0.4) is 0 Å². The molecule has 4 heterocycles. The number of carbonyl (C=O) groups excluding carboxylic acids is 2. The maximum absolute atomic E-state index is 13.5. The minimum atomic E-state index is -0.811. The molecule has 4 N–H and O–H groups in total. The zero-order valence-electron chi connectivity index (χ0n) is 23.4. The van der Waals surface area contributed by atoms with Crippen molar-refractivity contribution < 1.29 is 19.4 Å². The number of hydrogen-bond acceptors (Lipinski definition) is 9. The summed E-state index contributed by atoms with van der Waals surface area (Å²) in [6.45, 7) is 5.50. The smallest absolute Gasteiger partial charge is 0.255 e. The fourth-order valence-corrected chi connectivity index (χ4v) is 5.54. The Morgan fingerprint density at radius 3 is 2.67 bits per heavy atom. The Morgan fingerprint density at radius 2 is 1.93 bits per heavy atom. The Morgan fingerprint density at radius 1 is 1.17 bits per heavy atom. The molecule has 2 amide bonds. The zero-order valence-corrected chi connectivity index (χ0v) is 24.9. The van der Waals surface area contributed by atoms with Gasteiger partial charge in [-0.2, -0.15) is 0 Å². The monoisotopic (exact) mass is 613 g/mol. The molecule has 42 heavy (non-hydrogen) atoms. The van der Waals surface area contributed by atoms with E-state index in [1.165, 1.54) is 11.1 Å². The summed E-state index contributed by atoms with van der Waals surface area (Å²) in [6, 6.07) is 5.79. The summed E-state index contributed by atoms with van der Waals surface area (Å²) in [6.07, 6.45) is 4.75. The van der Waals surface area contributed by atoms with Crippen LogP contribution >= 0.6 is 23.2 Å². The lowest BCUT2D eigenvalue weighted by Gasteiger charge is -2.26. The fourth-order valence-electron chi connectivity index (χ4n) is 5.10. The molecule has 11 nitrogen and oxygen atoms in total. The summed E-state index contributed by atoms with van der Waals surface area (Å²) in [7, 11) is 0. The van der Waals surface area contributed by atoms with Crippen LogP contribution in [0.25, 0.3) is 11.3 Å². The third kappa shape index (κ3) is 6.44. The molecule has 0 aliphatic carbocycles. The number of nitrogens with zero attached hydrogens (tertiary/aromatic N) is 4. The Balaban J connectivity index is 1.30. The van der Waals surface area contributed by atoms with Gasteiger partial charge in [-0.05, 0) is 44.4 Å². The van der Waals surface area contributed by atoms with E-state index >= 15 is 0 Å². The number of carbonyl (C=O) groups is 2. The number of aromatic nitrogens is 3. The van der Waals surface area contributed by atoms with E-state index in [4.69, 9.17) is 27.9 Å². The van der Waals surface area contributed by atoms with Gasteiger partial charge in [0, 0.05) is 55.2 Å². The molecule has 2 aromatic heterocycles. The van der Waals surface area contributed by atoms with Gasteiger partial charge in [0.05, 0.1) is 34.6 Å². The maximum atomic E-state index is 13.5. The SMILES string of the molecule is CCNc1cc(C(CO)NC(=O)C(C)N2Cc3ccc(-c4nc(NC5CCOCC5)ncc4Cl)cc3C2=O)c(Cl)cn1. The first kappa shape index (κ1) is 30.0. The first-order valence-electron chi connectivity index (χ1n) is 13.9. The van der Waals surface area contributed by atoms with Gasteiger partial charge in [-0.1, -0.05) is 35.3 Å². The predicted octanol–water partition coefficient (Wildman–Crippen LogP) is 4.06. The predicted molar refractivity (Wildman–Crippen MR) is 161 cm³/mol. The summed E-state index contributed by atoms with van der Waals surface area (Å²) in [5.74, 6) is 0.340. The lowest BCUT2D eigenvalue weighted by molar-refractivity contribution is -0.126. The highest BCUT2D eigenvalue weighted by Crippen LogP contribution is 2.33. The molecule has 222 valence electrons.